The van der Waals surface area contributed by atoms with Crippen LogP contribution >= 0.6 is 11.9 Å². The van der Waals surface area contributed by atoms with E-state index in [0.29, 0.717) is 25.6 Å². The van der Waals surface area contributed by atoms with E-state index in [2.05, 4.69) is 9.71 Å². The number of aliphatic hydroxyl groups excluding tert-OH is 1. The maximum absolute atomic E-state index is 11.8. The van der Waals surface area contributed by atoms with Gasteiger partial charge in [-0.15, -0.1) is 0 Å². The van der Waals surface area contributed by atoms with Gasteiger partial charge in [-0.2, -0.15) is 0 Å². The van der Waals surface area contributed by atoms with Crippen LogP contribution in [0.2, 0.25) is 0 Å². The van der Waals surface area contributed by atoms with Crippen molar-refractivity contribution in [3.63, 3.8) is 0 Å². The third kappa shape index (κ3) is 4.20. The largest absolute Gasteiger partial charge is 0.496 e. The molecule has 1 aromatic carbocycles. The molecule has 0 bridgehead atoms. The molecule has 2 aromatic rings. The lowest BCUT2D eigenvalue weighted by Gasteiger charge is -2.18. The number of aliphatic hydroxyl groups is 1. The summed E-state index contributed by atoms with van der Waals surface area (Å²) in [4.78, 5) is 18.7. The summed E-state index contributed by atoms with van der Waals surface area (Å²) in [5.41, 5.74) is 2.73. The van der Waals surface area contributed by atoms with E-state index in [1.165, 1.54) is 11.9 Å². The number of carbonyl (C=O) groups is 1. The number of aromatic nitrogens is 1. The van der Waals surface area contributed by atoms with Crippen LogP contribution in [0, 0.1) is 6.92 Å². The molecule has 0 atom stereocenters. The summed E-state index contributed by atoms with van der Waals surface area (Å²) in [5, 5.41) is 9.09. The van der Waals surface area contributed by atoms with Gasteiger partial charge in [-0.1, -0.05) is 6.07 Å². The number of ether oxygens (including phenoxy) is 2. The first kappa shape index (κ1) is 18.3. The van der Waals surface area contributed by atoms with Crippen molar-refractivity contribution in [3.8, 4) is 11.6 Å². The number of pyridine rings is 1. The third-order valence-electron chi connectivity index (χ3n) is 3.97. The second kappa shape index (κ2) is 8.29. The second-order valence-corrected chi connectivity index (χ2v) is 6.72. The van der Waals surface area contributed by atoms with Gasteiger partial charge in [0.15, 0.2) is 0 Å². The zero-order chi connectivity index (χ0) is 18.5. The maximum atomic E-state index is 11.8. The van der Waals surface area contributed by atoms with Crippen LogP contribution in [0.4, 0.5) is 5.69 Å². The summed E-state index contributed by atoms with van der Waals surface area (Å²) >= 11 is 1.43. The lowest BCUT2D eigenvalue weighted by molar-refractivity contribution is -0.134. The SMILES string of the molecule is COc1ccc(C)cc1SNc1cnc2c(c1)CN(C(=O)CO)CCO2. The van der Waals surface area contributed by atoms with Gasteiger partial charge in [-0.05, 0) is 42.6 Å². The van der Waals surface area contributed by atoms with Crippen LogP contribution in [0.15, 0.2) is 35.4 Å². The smallest absolute Gasteiger partial charge is 0.248 e. The average Bonchev–Trinajstić information content (AvgIpc) is 2.87. The number of nitrogens with zero attached hydrogens (tertiary/aromatic N) is 2. The third-order valence-corrected chi connectivity index (χ3v) is 4.85. The predicted molar refractivity (Wildman–Crippen MR) is 99.4 cm³/mol. The minimum Gasteiger partial charge on any atom is -0.496 e. The van der Waals surface area contributed by atoms with Crippen LogP contribution in [0.1, 0.15) is 11.1 Å². The van der Waals surface area contributed by atoms with Crippen LogP contribution in [0.3, 0.4) is 0 Å². The van der Waals surface area contributed by atoms with Crippen molar-refractivity contribution in [2.24, 2.45) is 0 Å². The molecule has 1 amide bonds. The molecule has 1 aliphatic rings. The Morgan fingerprint density at radius 1 is 1.46 bits per heavy atom. The molecule has 7 nitrogen and oxygen atoms in total. The highest BCUT2D eigenvalue weighted by molar-refractivity contribution is 8.00. The molecule has 2 heterocycles. The van der Waals surface area contributed by atoms with Gasteiger partial charge in [0.1, 0.15) is 19.0 Å². The Kier molecular flexibility index (Phi) is 5.85. The first-order valence-electron chi connectivity index (χ1n) is 8.18. The first-order valence-corrected chi connectivity index (χ1v) is 9.00. The normalized spacial score (nSPS) is 13.4. The van der Waals surface area contributed by atoms with E-state index >= 15 is 0 Å². The standard InChI is InChI=1S/C18H21N3O4S/c1-12-3-4-15(24-2)16(7-12)26-20-14-8-13-10-21(17(23)11-22)5-6-25-18(13)19-9-14/h3-4,7-9,20,22H,5-6,10-11H2,1-2H3. The summed E-state index contributed by atoms with van der Waals surface area (Å²) < 4.78 is 14.2. The van der Waals surface area contributed by atoms with Crippen LogP contribution in [-0.4, -0.2) is 47.8 Å². The number of rotatable bonds is 5. The first-order chi connectivity index (χ1) is 12.6. The molecular weight excluding hydrogens is 354 g/mol. The summed E-state index contributed by atoms with van der Waals surface area (Å²) in [5.74, 6) is 0.986. The van der Waals surface area contributed by atoms with Crippen molar-refractivity contribution < 1.29 is 19.4 Å². The molecule has 138 valence electrons. The number of carbonyl (C=O) groups excluding carboxylic acids is 1. The number of amides is 1. The predicted octanol–water partition coefficient (Wildman–Crippen LogP) is 2.23. The van der Waals surface area contributed by atoms with E-state index in [0.717, 1.165) is 27.5 Å². The highest BCUT2D eigenvalue weighted by Crippen LogP contribution is 2.32. The second-order valence-electron chi connectivity index (χ2n) is 5.87. The van der Waals surface area contributed by atoms with Crippen LogP contribution in [-0.2, 0) is 11.3 Å². The van der Waals surface area contributed by atoms with Crippen molar-refractivity contribution in [1.82, 2.24) is 9.88 Å². The monoisotopic (exact) mass is 375 g/mol. The molecule has 0 saturated carbocycles. The lowest BCUT2D eigenvalue weighted by Crippen LogP contribution is -2.34. The quantitative estimate of drug-likeness (QED) is 0.775. The van der Waals surface area contributed by atoms with E-state index in [1.54, 1.807) is 18.2 Å². The van der Waals surface area contributed by atoms with Gasteiger partial charge in [-0.3, -0.25) is 4.79 Å². The average molecular weight is 375 g/mol. The number of nitrogens with one attached hydrogen (secondary N) is 1. The van der Waals surface area contributed by atoms with Gasteiger partial charge in [0, 0.05) is 5.56 Å². The molecule has 0 aliphatic carbocycles. The van der Waals surface area contributed by atoms with Crippen LogP contribution in [0.25, 0.3) is 0 Å². The van der Waals surface area contributed by atoms with Gasteiger partial charge in [0.05, 0.1) is 37.0 Å². The lowest BCUT2D eigenvalue weighted by atomic mass is 10.2. The molecule has 1 aliphatic heterocycles. The minimum atomic E-state index is -0.510. The molecule has 2 N–H and O–H groups in total. The fourth-order valence-electron chi connectivity index (χ4n) is 2.62. The Balaban J connectivity index is 1.76. The highest BCUT2D eigenvalue weighted by Gasteiger charge is 2.20. The number of hydrogen-bond donors (Lipinski definition) is 2. The molecule has 0 fully saturated rings. The van der Waals surface area contributed by atoms with E-state index in [9.17, 15) is 4.79 Å². The summed E-state index contributed by atoms with van der Waals surface area (Å²) in [6.45, 7) is 2.65. The Morgan fingerprint density at radius 3 is 3.08 bits per heavy atom. The zero-order valence-electron chi connectivity index (χ0n) is 14.7. The van der Waals surface area contributed by atoms with Crippen molar-refractivity contribution in [2.45, 2.75) is 18.4 Å². The molecule has 0 saturated heterocycles. The maximum Gasteiger partial charge on any atom is 0.248 e. The van der Waals surface area contributed by atoms with Gasteiger partial charge < -0.3 is 24.2 Å². The topological polar surface area (TPSA) is 83.9 Å². The van der Waals surface area contributed by atoms with Gasteiger partial charge in [0.2, 0.25) is 11.8 Å². The number of anilines is 1. The fourth-order valence-corrected chi connectivity index (χ4v) is 3.46. The van der Waals surface area contributed by atoms with Gasteiger partial charge in [0.25, 0.3) is 0 Å². The molecule has 0 spiro atoms. The van der Waals surface area contributed by atoms with E-state index in [-0.39, 0.29) is 5.91 Å². The number of methoxy groups -OCH3 is 1. The Hall–Kier alpha value is -2.45. The minimum absolute atomic E-state index is 0.321. The molecule has 0 radical (unpaired) electrons. The molecule has 26 heavy (non-hydrogen) atoms. The summed E-state index contributed by atoms with van der Waals surface area (Å²) in [6.07, 6.45) is 1.69. The van der Waals surface area contributed by atoms with E-state index < -0.39 is 6.61 Å². The van der Waals surface area contributed by atoms with Crippen molar-refractivity contribution in [1.29, 1.82) is 0 Å². The summed E-state index contributed by atoms with van der Waals surface area (Å²) in [6, 6.07) is 7.87. The Bertz CT molecular complexity index is 800. The Morgan fingerprint density at radius 2 is 2.31 bits per heavy atom. The summed E-state index contributed by atoms with van der Waals surface area (Å²) in [7, 11) is 1.64. The molecular formula is C18H21N3O4S. The highest BCUT2D eigenvalue weighted by atomic mass is 32.2. The number of hydrogen-bond acceptors (Lipinski definition) is 7. The van der Waals surface area contributed by atoms with Crippen LogP contribution < -0.4 is 14.2 Å². The zero-order valence-corrected chi connectivity index (χ0v) is 15.5. The Labute approximate surface area is 156 Å². The van der Waals surface area contributed by atoms with Crippen molar-refractivity contribution >= 4 is 23.5 Å². The molecule has 3 rings (SSSR count). The fraction of sp³-hybridized carbons (Fsp3) is 0.333. The molecule has 0 unspecified atom stereocenters. The van der Waals surface area contributed by atoms with Crippen LogP contribution in [0.5, 0.6) is 11.6 Å². The van der Waals surface area contributed by atoms with Gasteiger partial charge >= 0.3 is 0 Å². The van der Waals surface area contributed by atoms with Crippen molar-refractivity contribution in [3.05, 3.63) is 41.6 Å². The van der Waals surface area contributed by atoms with Crippen molar-refractivity contribution in [2.75, 3.05) is 31.6 Å². The number of aryl methyl sites for hydroxylation is 1. The van der Waals surface area contributed by atoms with E-state index in [4.69, 9.17) is 14.6 Å². The number of benzene rings is 1. The molecule has 8 heteroatoms. The molecule has 1 aromatic heterocycles. The van der Waals surface area contributed by atoms with E-state index in [1.807, 2.05) is 31.2 Å². The number of fused-ring (bicyclic) bond motifs is 1. The van der Waals surface area contributed by atoms with Gasteiger partial charge in [-0.25, -0.2) is 4.98 Å².